The third kappa shape index (κ3) is 2.93. The Hall–Kier alpha value is -2.88. The zero-order valence-electron chi connectivity index (χ0n) is 15.3. The van der Waals surface area contributed by atoms with E-state index in [2.05, 4.69) is 79.2 Å². The lowest BCUT2D eigenvalue weighted by Gasteiger charge is -2.11. The highest BCUT2D eigenvalue weighted by molar-refractivity contribution is 14.1. The molecular formula is C20H16IN7. The second kappa shape index (κ2) is 6.62. The van der Waals surface area contributed by atoms with Crippen molar-refractivity contribution in [3.63, 3.8) is 0 Å². The monoisotopic (exact) mass is 481 g/mol. The largest absolute Gasteiger partial charge is 0.275 e. The molecular weight excluding hydrogens is 465 g/mol. The third-order valence-corrected chi connectivity index (χ3v) is 5.46. The summed E-state index contributed by atoms with van der Waals surface area (Å²) in [5.41, 5.74) is 4.96. The van der Waals surface area contributed by atoms with E-state index in [4.69, 9.17) is 0 Å². The molecule has 1 unspecified atom stereocenters. The van der Waals surface area contributed by atoms with Gasteiger partial charge in [-0.25, -0.2) is 0 Å². The summed E-state index contributed by atoms with van der Waals surface area (Å²) in [6.45, 7) is 2.12. The lowest BCUT2D eigenvalue weighted by Crippen LogP contribution is -2.05. The van der Waals surface area contributed by atoms with Crippen molar-refractivity contribution in [2.24, 2.45) is 7.05 Å². The molecule has 5 rings (SSSR count). The van der Waals surface area contributed by atoms with Crippen molar-refractivity contribution in [1.82, 2.24) is 34.6 Å². The third-order valence-electron chi connectivity index (χ3n) is 4.89. The maximum absolute atomic E-state index is 4.61. The molecule has 0 aliphatic heterocycles. The molecule has 8 heteroatoms. The maximum atomic E-state index is 4.61. The highest BCUT2D eigenvalue weighted by Gasteiger charge is 2.17. The summed E-state index contributed by atoms with van der Waals surface area (Å²) < 4.78 is 4.52. The van der Waals surface area contributed by atoms with Crippen LogP contribution in [-0.4, -0.2) is 34.6 Å². The lowest BCUT2D eigenvalue weighted by atomic mass is 9.98. The summed E-state index contributed by atoms with van der Waals surface area (Å²) in [6, 6.07) is 12.3. The molecule has 5 aromatic rings. The van der Waals surface area contributed by atoms with Gasteiger partial charge < -0.3 is 0 Å². The molecule has 0 fully saturated rings. The van der Waals surface area contributed by atoms with Crippen molar-refractivity contribution < 1.29 is 0 Å². The molecule has 28 heavy (non-hydrogen) atoms. The standard InChI is InChI=1S/C20H16IN7/c1-12(20-25-24-19-6-5-18(21)26-28(19)20)13-3-4-17-14(7-13)8-15(9-22-17)16-10-23-27(2)11-16/h3-12H,1-2H3. The van der Waals surface area contributed by atoms with Crippen molar-refractivity contribution in [2.75, 3.05) is 0 Å². The zero-order valence-corrected chi connectivity index (χ0v) is 17.4. The smallest absolute Gasteiger partial charge is 0.177 e. The number of aromatic nitrogens is 7. The summed E-state index contributed by atoms with van der Waals surface area (Å²) in [7, 11) is 1.91. The van der Waals surface area contributed by atoms with E-state index in [1.54, 1.807) is 4.68 Å². The van der Waals surface area contributed by atoms with Crippen LogP contribution in [0.25, 0.3) is 27.7 Å². The van der Waals surface area contributed by atoms with Crippen LogP contribution in [0.5, 0.6) is 0 Å². The Morgan fingerprint density at radius 2 is 1.89 bits per heavy atom. The number of fused-ring (bicyclic) bond motifs is 2. The summed E-state index contributed by atoms with van der Waals surface area (Å²) in [5.74, 6) is 0.872. The molecule has 4 heterocycles. The van der Waals surface area contributed by atoms with Gasteiger partial charge in [0, 0.05) is 41.9 Å². The number of benzene rings is 1. The fraction of sp³-hybridized carbons (Fsp3) is 0.150. The topological polar surface area (TPSA) is 73.8 Å². The van der Waals surface area contributed by atoms with Crippen LogP contribution in [0, 0.1) is 3.70 Å². The molecule has 0 radical (unpaired) electrons. The normalized spacial score (nSPS) is 12.7. The Balaban J connectivity index is 1.58. The molecule has 1 aromatic carbocycles. The Kier molecular flexibility index (Phi) is 4.08. The summed E-state index contributed by atoms with van der Waals surface area (Å²) in [4.78, 5) is 4.61. The summed E-state index contributed by atoms with van der Waals surface area (Å²) in [6.07, 6.45) is 5.73. The molecule has 0 spiro atoms. The molecule has 138 valence electrons. The van der Waals surface area contributed by atoms with Crippen LogP contribution in [0.15, 0.2) is 55.0 Å². The molecule has 0 amide bonds. The van der Waals surface area contributed by atoms with Gasteiger partial charge in [-0.1, -0.05) is 13.0 Å². The van der Waals surface area contributed by atoms with Gasteiger partial charge >= 0.3 is 0 Å². The minimum Gasteiger partial charge on any atom is -0.275 e. The van der Waals surface area contributed by atoms with Crippen molar-refractivity contribution in [2.45, 2.75) is 12.8 Å². The van der Waals surface area contributed by atoms with E-state index in [1.807, 2.05) is 42.3 Å². The molecule has 0 aliphatic carbocycles. The van der Waals surface area contributed by atoms with Crippen molar-refractivity contribution >= 4 is 39.1 Å². The van der Waals surface area contributed by atoms with E-state index < -0.39 is 0 Å². The molecule has 0 saturated carbocycles. The predicted molar refractivity (Wildman–Crippen MR) is 115 cm³/mol. The van der Waals surface area contributed by atoms with Gasteiger partial charge in [-0.05, 0) is 58.5 Å². The number of hydrogen-bond donors (Lipinski definition) is 0. The van der Waals surface area contributed by atoms with Gasteiger partial charge in [0.25, 0.3) is 0 Å². The average molecular weight is 481 g/mol. The SMILES string of the molecule is CC(c1ccc2ncc(-c3cnn(C)c3)cc2c1)c1nnc2ccc(I)nn12. The van der Waals surface area contributed by atoms with Crippen LogP contribution >= 0.6 is 22.6 Å². The quantitative estimate of drug-likeness (QED) is 0.367. The highest BCUT2D eigenvalue weighted by atomic mass is 127. The Bertz CT molecular complexity index is 1320. The summed E-state index contributed by atoms with van der Waals surface area (Å²) in [5, 5.41) is 18.5. The first-order chi connectivity index (χ1) is 13.6. The molecule has 0 bridgehead atoms. The van der Waals surface area contributed by atoms with Crippen LogP contribution in [-0.2, 0) is 7.05 Å². The lowest BCUT2D eigenvalue weighted by molar-refractivity contribution is 0.745. The van der Waals surface area contributed by atoms with Crippen molar-refractivity contribution in [1.29, 1.82) is 0 Å². The van der Waals surface area contributed by atoms with Gasteiger partial charge in [0.1, 0.15) is 3.70 Å². The van der Waals surface area contributed by atoms with Gasteiger partial charge in [0.2, 0.25) is 0 Å². The second-order valence-corrected chi connectivity index (χ2v) is 7.89. The Morgan fingerprint density at radius 1 is 1.00 bits per heavy atom. The van der Waals surface area contributed by atoms with E-state index in [9.17, 15) is 0 Å². The number of pyridine rings is 1. The highest BCUT2D eigenvalue weighted by Crippen LogP contribution is 2.28. The van der Waals surface area contributed by atoms with Crippen LogP contribution in [0.3, 0.4) is 0 Å². The fourth-order valence-corrected chi connectivity index (χ4v) is 3.75. The molecule has 7 nitrogen and oxygen atoms in total. The average Bonchev–Trinajstić information content (AvgIpc) is 3.32. The minimum atomic E-state index is 0.0483. The molecule has 0 saturated heterocycles. The second-order valence-electron chi connectivity index (χ2n) is 6.78. The van der Waals surface area contributed by atoms with Gasteiger partial charge in [0.15, 0.2) is 11.5 Å². The molecule has 1 atom stereocenters. The number of aryl methyl sites for hydroxylation is 1. The van der Waals surface area contributed by atoms with Gasteiger partial charge in [-0.15, -0.1) is 10.2 Å². The first-order valence-corrected chi connectivity index (χ1v) is 9.93. The molecule has 0 aliphatic rings. The number of halogens is 1. The van der Waals surface area contributed by atoms with Gasteiger partial charge in [-0.3, -0.25) is 9.67 Å². The fourth-order valence-electron chi connectivity index (χ4n) is 3.35. The van der Waals surface area contributed by atoms with E-state index in [-0.39, 0.29) is 5.92 Å². The van der Waals surface area contributed by atoms with Crippen LogP contribution in [0.1, 0.15) is 24.2 Å². The van der Waals surface area contributed by atoms with E-state index in [1.165, 1.54) is 0 Å². The maximum Gasteiger partial charge on any atom is 0.177 e. The van der Waals surface area contributed by atoms with E-state index >= 15 is 0 Å². The van der Waals surface area contributed by atoms with Crippen LogP contribution in [0.4, 0.5) is 0 Å². The van der Waals surface area contributed by atoms with E-state index in [0.29, 0.717) is 0 Å². The zero-order chi connectivity index (χ0) is 19.3. The Labute approximate surface area is 174 Å². The first kappa shape index (κ1) is 17.2. The van der Waals surface area contributed by atoms with Crippen molar-refractivity contribution in [3.8, 4) is 11.1 Å². The first-order valence-electron chi connectivity index (χ1n) is 8.85. The van der Waals surface area contributed by atoms with Gasteiger partial charge in [0.05, 0.1) is 11.7 Å². The van der Waals surface area contributed by atoms with Crippen molar-refractivity contribution in [3.05, 3.63) is 70.1 Å². The summed E-state index contributed by atoms with van der Waals surface area (Å²) >= 11 is 2.20. The number of hydrogen-bond acceptors (Lipinski definition) is 5. The van der Waals surface area contributed by atoms with E-state index in [0.717, 1.165) is 42.8 Å². The van der Waals surface area contributed by atoms with Crippen LogP contribution in [0.2, 0.25) is 0 Å². The molecule has 4 aromatic heterocycles. The predicted octanol–water partition coefficient (Wildman–Crippen LogP) is 3.83. The minimum absolute atomic E-state index is 0.0483. The van der Waals surface area contributed by atoms with Gasteiger partial charge in [-0.2, -0.15) is 14.7 Å². The number of rotatable bonds is 3. The number of nitrogens with zero attached hydrogens (tertiary/aromatic N) is 7. The molecule has 0 N–H and O–H groups in total. The Morgan fingerprint density at radius 3 is 2.71 bits per heavy atom. The van der Waals surface area contributed by atoms with Crippen LogP contribution < -0.4 is 0 Å².